The fourth-order valence-electron chi connectivity index (χ4n) is 2.94. The van der Waals surface area contributed by atoms with E-state index in [1.165, 1.54) is 0 Å². The van der Waals surface area contributed by atoms with Crippen LogP contribution < -0.4 is 5.32 Å². The van der Waals surface area contributed by atoms with Gasteiger partial charge >= 0.3 is 0 Å². The van der Waals surface area contributed by atoms with Crippen molar-refractivity contribution in [3.63, 3.8) is 0 Å². The number of hydrogen-bond acceptors (Lipinski definition) is 5. The predicted molar refractivity (Wildman–Crippen MR) is 83.5 cm³/mol. The minimum Gasteiger partial charge on any atom is -0.378 e. The lowest BCUT2D eigenvalue weighted by atomic mass is 10.1. The Balaban J connectivity index is 1.72. The molecule has 126 valence electrons. The molecule has 0 aromatic rings. The number of nitrogens with zero attached hydrogens (tertiary/aromatic N) is 3. The van der Waals surface area contributed by atoms with Crippen LogP contribution in [0.2, 0.25) is 0 Å². The van der Waals surface area contributed by atoms with Crippen molar-refractivity contribution in [3.05, 3.63) is 0 Å². The lowest BCUT2D eigenvalue weighted by Crippen LogP contribution is -2.53. The molecule has 2 heterocycles. The third kappa shape index (κ3) is 4.66. The number of rotatable bonds is 5. The summed E-state index contributed by atoms with van der Waals surface area (Å²) in [6, 6.07) is 0. The lowest BCUT2D eigenvalue weighted by Gasteiger charge is -2.37. The maximum atomic E-state index is 12.2. The highest BCUT2D eigenvalue weighted by Crippen LogP contribution is 2.08. The average Bonchev–Trinajstić information content (AvgIpc) is 2.56. The van der Waals surface area contributed by atoms with Crippen molar-refractivity contribution in [3.8, 4) is 0 Å². The summed E-state index contributed by atoms with van der Waals surface area (Å²) in [5.74, 6) is 0.381. The molecule has 2 rings (SSSR count). The van der Waals surface area contributed by atoms with E-state index in [1.54, 1.807) is 0 Å². The molecule has 1 N–H and O–H groups in total. The van der Waals surface area contributed by atoms with Gasteiger partial charge in [-0.3, -0.25) is 14.5 Å². The summed E-state index contributed by atoms with van der Waals surface area (Å²) >= 11 is 0. The van der Waals surface area contributed by atoms with E-state index >= 15 is 0 Å². The van der Waals surface area contributed by atoms with Crippen molar-refractivity contribution in [2.75, 3.05) is 72.6 Å². The number of carbonyl (C=O) groups excluding carboxylic acids is 2. The zero-order valence-corrected chi connectivity index (χ0v) is 13.7. The molecule has 0 aromatic carbocycles. The molecule has 2 aliphatic rings. The van der Waals surface area contributed by atoms with Crippen LogP contribution in [-0.2, 0) is 14.3 Å². The molecular weight excluding hydrogens is 284 g/mol. The van der Waals surface area contributed by atoms with Crippen LogP contribution >= 0.6 is 0 Å². The molecule has 0 spiro atoms. The standard InChI is InChI=1S/C15H28N4O3/c1-13(11-16-2)15(21)19-5-3-17(4-6-19)12-14(20)18-7-9-22-10-8-18/h13,16H,3-12H2,1-2H3. The Labute approximate surface area is 132 Å². The summed E-state index contributed by atoms with van der Waals surface area (Å²) in [5, 5.41) is 3.04. The Kier molecular flexibility index (Phi) is 6.60. The van der Waals surface area contributed by atoms with Crippen LogP contribution in [0.4, 0.5) is 0 Å². The Hall–Kier alpha value is -1.18. The zero-order valence-electron chi connectivity index (χ0n) is 13.7. The zero-order chi connectivity index (χ0) is 15.9. The summed E-state index contributed by atoms with van der Waals surface area (Å²) in [4.78, 5) is 30.4. The van der Waals surface area contributed by atoms with E-state index in [4.69, 9.17) is 4.74 Å². The van der Waals surface area contributed by atoms with Crippen molar-refractivity contribution in [1.29, 1.82) is 0 Å². The fourth-order valence-corrected chi connectivity index (χ4v) is 2.94. The van der Waals surface area contributed by atoms with Crippen LogP contribution in [-0.4, -0.2) is 99.1 Å². The average molecular weight is 312 g/mol. The van der Waals surface area contributed by atoms with Gasteiger partial charge in [0.25, 0.3) is 0 Å². The summed E-state index contributed by atoms with van der Waals surface area (Å²) < 4.78 is 5.27. The number of nitrogens with one attached hydrogen (secondary N) is 1. The van der Waals surface area contributed by atoms with Gasteiger partial charge in [-0.05, 0) is 7.05 Å². The summed E-state index contributed by atoms with van der Waals surface area (Å²) in [5.41, 5.74) is 0. The van der Waals surface area contributed by atoms with Crippen LogP contribution in [0.5, 0.6) is 0 Å². The van der Waals surface area contributed by atoms with Crippen molar-refractivity contribution in [2.45, 2.75) is 6.92 Å². The molecule has 22 heavy (non-hydrogen) atoms. The molecular formula is C15H28N4O3. The minimum absolute atomic E-state index is 0.00605. The molecule has 0 aromatic heterocycles. The van der Waals surface area contributed by atoms with Crippen molar-refractivity contribution in [1.82, 2.24) is 20.0 Å². The largest absolute Gasteiger partial charge is 0.378 e. The third-order valence-electron chi connectivity index (χ3n) is 4.34. The van der Waals surface area contributed by atoms with Gasteiger partial charge in [0.1, 0.15) is 0 Å². The number of ether oxygens (including phenoxy) is 1. The molecule has 2 amide bonds. The van der Waals surface area contributed by atoms with Crippen LogP contribution in [0.1, 0.15) is 6.92 Å². The third-order valence-corrected chi connectivity index (χ3v) is 4.34. The molecule has 0 saturated carbocycles. The molecule has 7 heteroatoms. The molecule has 0 bridgehead atoms. The first kappa shape index (κ1) is 17.2. The van der Waals surface area contributed by atoms with Gasteiger partial charge in [-0.1, -0.05) is 6.92 Å². The highest BCUT2D eigenvalue weighted by Gasteiger charge is 2.26. The first-order chi connectivity index (χ1) is 10.6. The number of hydrogen-bond donors (Lipinski definition) is 1. The van der Waals surface area contributed by atoms with Gasteiger partial charge in [0.15, 0.2) is 0 Å². The fraction of sp³-hybridized carbons (Fsp3) is 0.867. The van der Waals surface area contributed by atoms with Gasteiger partial charge in [0, 0.05) is 51.7 Å². The van der Waals surface area contributed by atoms with E-state index < -0.39 is 0 Å². The molecule has 0 aliphatic carbocycles. The van der Waals surface area contributed by atoms with Crippen LogP contribution in [0.3, 0.4) is 0 Å². The molecule has 2 fully saturated rings. The van der Waals surface area contributed by atoms with Crippen LogP contribution in [0.15, 0.2) is 0 Å². The number of amides is 2. The second-order valence-electron chi connectivity index (χ2n) is 6.05. The van der Waals surface area contributed by atoms with Gasteiger partial charge in [-0.2, -0.15) is 0 Å². The van der Waals surface area contributed by atoms with E-state index in [0.717, 1.165) is 13.1 Å². The van der Waals surface area contributed by atoms with Crippen molar-refractivity contribution in [2.24, 2.45) is 5.92 Å². The van der Waals surface area contributed by atoms with E-state index in [9.17, 15) is 9.59 Å². The molecule has 7 nitrogen and oxygen atoms in total. The number of carbonyl (C=O) groups is 2. The van der Waals surface area contributed by atoms with Gasteiger partial charge in [0.05, 0.1) is 19.8 Å². The van der Waals surface area contributed by atoms with Gasteiger partial charge in [0.2, 0.25) is 11.8 Å². The monoisotopic (exact) mass is 312 g/mol. The predicted octanol–water partition coefficient (Wildman–Crippen LogP) is -1.16. The Morgan fingerprint density at radius 3 is 2.27 bits per heavy atom. The molecule has 1 unspecified atom stereocenters. The summed E-state index contributed by atoms with van der Waals surface area (Å²) in [6.45, 7) is 8.73. The highest BCUT2D eigenvalue weighted by molar-refractivity contribution is 5.79. The molecule has 2 saturated heterocycles. The molecule has 2 aliphatic heterocycles. The second-order valence-corrected chi connectivity index (χ2v) is 6.05. The minimum atomic E-state index is 0.00605. The van der Waals surface area contributed by atoms with E-state index in [-0.39, 0.29) is 17.7 Å². The normalized spacial score (nSPS) is 21.7. The summed E-state index contributed by atoms with van der Waals surface area (Å²) in [7, 11) is 1.86. The van der Waals surface area contributed by atoms with Gasteiger partial charge in [-0.15, -0.1) is 0 Å². The Bertz CT molecular complexity index is 377. The first-order valence-corrected chi connectivity index (χ1v) is 8.13. The van der Waals surface area contributed by atoms with Crippen LogP contribution in [0, 0.1) is 5.92 Å². The van der Waals surface area contributed by atoms with E-state index in [2.05, 4.69) is 10.2 Å². The lowest BCUT2D eigenvalue weighted by molar-refractivity contribution is -0.139. The van der Waals surface area contributed by atoms with Crippen molar-refractivity contribution < 1.29 is 14.3 Å². The molecule has 1 atom stereocenters. The maximum Gasteiger partial charge on any atom is 0.236 e. The van der Waals surface area contributed by atoms with E-state index in [1.807, 2.05) is 23.8 Å². The number of piperazine rings is 1. The smallest absolute Gasteiger partial charge is 0.236 e. The molecule has 0 radical (unpaired) electrons. The number of morpholine rings is 1. The van der Waals surface area contributed by atoms with Gasteiger partial charge in [-0.25, -0.2) is 0 Å². The topological polar surface area (TPSA) is 65.1 Å². The van der Waals surface area contributed by atoms with Gasteiger partial charge < -0.3 is 19.9 Å². The highest BCUT2D eigenvalue weighted by atomic mass is 16.5. The Morgan fingerprint density at radius 2 is 1.68 bits per heavy atom. The quantitative estimate of drug-likeness (QED) is 0.694. The second kappa shape index (κ2) is 8.45. The van der Waals surface area contributed by atoms with E-state index in [0.29, 0.717) is 52.5 Å². The first-order valence-electron chi connectivity index (χ1n) is 8.13. The van der Waals surface area contributed by atoms with Crippen molar-refractivity contribution >= 4 is 11.8 Å². The summed E-state index contributed by atoms with van der Waals surface area (Å²) in [6.07, 6.45) is 0. The maximum absolute atomic E-state index is 12.2. The Morgan fingerprint density at radius 1 is 1.05 bits per heavy atom. The SMILES string of the molecule is CNCC(C)C(=O)N1CCN(CC(=O)N2CCOCC2)CC1. The van der Waals surface area contributed by atoms with Crippen LogP contribution in [0.25, 0.3) is 0 Å².